The highest BCUT2D eigenvalue weighted by atomic mass is 79.9. The minimum absolute atomic E-state index is 0.230. The molecule has 0 fully saturated rings. The number of benzene rings is 1. The molecule has 0 N–H and O–H groups in total. The number of alkyl halides is 3. The SMILES string of the molecule is CC1(COc2ccc(OC(F)(F)F)cc2)Cn2cc(Br)nc2O1. The maximum absolute atomic E-state index is 12.1. The van der Waals surface area contributed by atoms with Gasteiger partial charge in [0.1, 0.15) is 22.7 Å². The van der Waals surface area contributed by atoms with Crippen LogP contribution < -0.4 is 14.2 Å². The number of ether oxygens (including phenoxy) is 3. The lowest BCUT2D eigenvalue weighted by Crippen LogP contribution is -2.38. The predicted molar refractivity (Wildman–Crippen MR) is 77.6 cm³/mol. The van der Waals surface area contributed by atoms with E-state index in [4.69, 9.17) is 9.47 Å². The lowest BCUT2D eigenvalue weighted by molar-refractivity contribution is -0.274. The van der Waals surface area contributed by atoms with Crippen molar-refractivity contribution >= 4 is 15.9 Å². The molecule has 1 aliphatic rings. The van der Waals surface area contributed by atoms with Gasteiger partial charge in [-0.3, -0.25) is 4.57 Å². The fourth-order valence-corrected chi connectivity index (χ4v) is 2.62. The zero-order valence-corrected chi connectivity index (χ0v) is 13.5. The molecular formula is C14H12BrF3N2O3. The zero-order valence-electron chi connectivity index (χ0n) is 11.9. The van der Waals surface area contributed by atoms with Crippen LogP contribution in [0.1, 0.15) is 6.92 Å². The summed E-state index contributed by atoms with van der Waals surface area (Å²) in [6.45, 7) is 2.67. The summed E-state index contributed by atoms with van der Waals surface area (Å²) in [6.07, 6.45) is -2.90. The van der Waals surface area contributed by atoms with Gasteiger partial charge in [-0.05, 0) is 47.1 Å². The van der Waals surface area contributed by atoms with Gasteiger partial charge < -0.3 is 14.2 Å². The van der Waals surface area contributed by atoms with Crippen LogP contribution in [0.4, 0.5) is 13.2 Å². The van der Waals surface area contributed by atoms with Crippen LogP contribution in [-0.4, -0.2) is 28.1 Å². The average Bonchev–Trinajstić information content (AvgIpc) is 2.89. The highest BCUT2D eigenvalue weighted by Gasteiger charge is 2.37. The van der Waals surface area contributed by atoms with Gasteiger partial charge in [0.05, 0.1) is 6.54 Å². The summed E-state index contributed by atoms with van der Waals surface area (Å²) in [5.74, 6) is 0.133. The molecule has 0 saturated heterocycles. The van der Waals surface area contributed by atoms with E-state index in [2.05, 4.69) is 25.7 Å². The standard InChI is InChI=1S/C14H12BrF3N2O3/c1-13(7-20-6-11(15)19-12(20)23-13)8-21-9-2-4-10(5-3-9)22-14(16,17)18/h2-6H,7-8H2,1H3. The van der Waals surface area contributed by atoms with Crippen molar-refractivity contribution in [2.75, 3.05) is 6.61 Å². The van der Waals surface area contributed by atoms with Crippen LogP contribution in [0.2, 0.25) is 0 Å². The molecule has 0 amide bonds. The molecule has 1 aromatic heterocycles. The first-order valence-corrected chi connectivity index (χ1v) is 7.42. The Labute approximate surface area is 138 Å². The summed E-state index contributed by atoms with van der Waals surface area (Å²) >= 11 is 3.26. The van der Waals surface area contributed by atoms with Crippen molar-refractivity contribution in [1.29, 1.82) is 0 Å². The van der Waals surface area contributed by atoms with Crippen LogP contribution in [0.3, 0.4) is 0 Å². The number of hydrogen-bond donors (Lipinski definition) is 0. The lowest BCUT2D eigenvalue weighted by Gasteiger charge is -2.22. The largest absolute Gasteiger partial charge is 0.573 e. The van der Waals surface area contributed by atoms with Gasteiger partial charge in [-0.1, -0.05) is 0 Å². The molecule has 5 nitrogen and oxygen atoms in total. The third-order valence-electron chi connectivity index (χ3n) is 3.15. The van der Waals surface area contributed by atoms with Crippen LogP contribution in [0.25, 0.3) is 0 Å². The first-order chi connectivity index (χ1) is 10.7. The summed E-state index contributed by atoms with van der Waals surface area (Å²) in [4.78, 5) is 4.17. The van der Waals surface area contributed by atoms with E-state index in [1.165, 1.54) is 24.3 Å². The van der Waals surface area contributed by atoms with Gasteiger partial charge in [0.25, 0.3) is 6.01 Å². The normalized spacial score (nSPS) is 20.0. The minimum Gasteiger partial charge on any atom is -0.489 e. The summed E-state index contributed by atoms with van der Waals surface area (Å²) in [5, 5.41) is 0. The maximum atomic E-state index is 12.1. The van der Waals surface area contributed by atoms with E-state index in [-0.39, 0.29) is 12.4 Å². The van der Waals surface area contributed by atoms with Crippen molar-refractivity contribution in [3.8, 4) is 17.5 Å². The number of fused-ring (bicyclic) bond motifs is 1. The van der Waals surface area contributed by atoms with Crippen LogP contribution in [0.15, 0.2) is 35.1 Å². The lowest BCUT2D eigenvalue weighted by atomic mass is 10.1. The molecule has 0 bridgehead atoms. The van der Waals surface area contributed by atoms with Gasteiger partial charge in [0.2, 0.25) is 0 Å². The van der Waals surface area contributed by atoms with Gasteiger partial charge in [-0.2, -0.15) is 4.98 Å². The van der Waals surface area contributed by atoms with Crippen molar-refractivity contribution in [2.24, 2.45) is 0 Å². The van der Waals surface area contributed by atoms with Gasteiger partial charge in [0.15, 0.2) is 5.60 Å². The summed E-state index contributed by atoms with van der Waals surface area (Å²) in [7, 11) is 0. The Kier molecular flexibility index (Phi) is 3.91. The summed E-state index contributed by atoms with van der Waals surface area (Å²) in [5.41, 5.74) is -0.593. The molecule has 124 valence electrons. The Bertz CT molecular complexity index is 677. The molecular weight excluding hydrogens is 381 g/mol. The quantitative estimate of drug-likeness (QED) is 0.794. The summed E-state index contributed by atoms with van der Waals surface area (Å²) < 4.78 is 54.0. The first kappa shape index (κ1) is 16.0. The minimum atomic E-state index is -4.71. The second-order valence-corrected chi connectivity index (χ2v) is 6.15. The fraction of sp³-hybridized carbons (Fsp3) is 0.357. The Morgan fingerprint density at radius 1 is 1.30 bits per heavy atom. The fourth-order valence-electron chi connectivity index (χ4n) is 2.22. The Morgan fingerprint density at radius 2 is 1.96 bits per heavy atom. The Hall–Kier alpha value is -1.90. The number of halogens is 4. The van der Waals surface area contributed by atoms with E-state index in [9.17, 15) is 13.2 Å². The first-order valence-electron chi connectivity index (χ1n) is 6.63. The highest BCUT2D eigenvalue weighted by molar-refractivity contribution is 9.10. The van der Waals surface area contributed by atoms with E-state index in [0.29, 0.717) is 22.9 Å². The van der Waals surface area contributed by atoms with Crippen LogP contribution in [0, 0.1) is 0 Å². The number of hydrogen-bond acceptors (Lipinski definition) is 4. The van der Waals surface area contributed by atoms with Gasteiger partial charge in [-0.25, -0.2) is 0 Å². The molecule has 0 radical (unpaired) electrons. The molecule has 1 aliphatic heterocycles. The van der Waals surface area contributed by atoms with E-state index < -0.39 is 12.0 Å². The molecule has 0 spiro atoms. The molecule has 3 rings (SSSR count). The van der Waals surface area contributed by atoms with Crippen LogP contribution >= 0.6 is 15.9 Å². The Balaban J connectivity index is 1.57. The molecule has 2 aromatic rings. The van der Waals surface area contributed by atoms with Crippen molar-refractivity contribution < 1.29 is 27.4 Å². The van der Waals surface area contributed by atoms with E-state index >= 15 is 0 Å². The zero-order chi connectivity index (χ0) is 16.7. The van der Waals surface area contributed by atoms with Gasteiger partial charge >= 0.3 is 6.36 Å². The molecule has 23 heavy (non-hydrogen) atoms. The third-order valence-corrected chi connectivity index (χ3v) is 3.54. The predicted octanol–water partition coefficient (Wildman–Crippen LogP) is 3.77. The monoisotopic (exact) mass is 392 g/mol. The van der Waals surface area contributed by atoms with Gasteiger partial charge in [0, 0.05) is 6.20 Å². The maximum Gasteiger partial charge on any atom is 0.573 e. The summed E-state index contributed by atoms with van der Waals surface area (Å²) in [6, 6.07) is 5.71. The number of rotatable bonds is 4. The highest BCUT2D eigenvalue weighted by Crippen LogP contribution is 2.31. The number of nitrogens with zero attached hydrogens (tertiary/aromatic N) is 2. The number of imidazole rings is 1. The van der Waals surface area contributed by atoms with Crippen molar-refractivity contribution in [1.82, 2.24) is 9.55 Å². The second kappa shape index (κ2) is 5.63. The number of aromatic nitrogens is 2. The molecule has 2 heterocycles. The van der Waals surface area contributed by atoms with E-state index in [1.54, 1.807) is 0 Å². The second-order valence-electron chi connectivity index (χ2n) is 5.33. The molecule has 9 heteroatoms. The Morgan fingerprint density at radius 3 is 2.57 bits per heavy atom. The average molecular weight is 393 g/mol. The molecule has 0 saturated carbocycles. The smallest absolute Gasteiger partial charge is 0.489 e. The molecule has 1 aromatic carbocycles. The van der Waals surface area contributed by atoms with E-state index in [1.807, 2.05) is 17.7 Å². The molecule has 1 atom stereocenters. The molecule has 0 aliphatic carbocycles. The van der Waals surface area contributed by atoms with Crippen LogP contribution in [-0.2, 0) is 6.54 Å². The molecule has 1 unspecified atom stereocenters. The topological polar surface area (TPSA) is 45.5 Å². The van der Waals surface area contributed by atoms with Crippen LogP contribution in [0.5, 0.6) is 17.5 Å². The van der Waals surface area contributed by atoms with Crippen molar-refractivity contribution in [3.63, 3.8) is 0 Å². The van der Waals surface area contributed by atoms with Gasteiger partial charge in [-0.15, -0.1) is 13.2 Å². The van der Waals surface area contributed by atoms with Crippen molar-refractivity contribution in [2.45, 2.75) is 25.4 Å². The van der Waals surface area contributed by atoms with E-state index in [0.717, 1.165) is 0 Å². The van der Waals surface area contributed by atoms with Crippen molar-refractivity contribution in [3.05, 3.63) is 35.1 Å². The third kappa shape index (κ3) is 3.90.